The molecule has 0 fully saturated rings. The molecule has 1 aliphatic rings. The lowest BCUT2D eigenvalue weighted by molar-refractivity contribution is -0.118. The average molecular weight is 373 g/mol. The van der Waals surface area contributed by atoms with Crippen LogP contribution in [0.3, 0.4) is 0 Å². The highest BCUT2D eigenvalue weighted by molar-refractivity contribution is 7.99. The number of hydrogen-bond donors (Lipinski definition) is 1. The Bertz CT molecular complexity index is 791. The average Bonchev–Trinajstić information content (AvgIpc) is 3.14. The van der Waals surface area contributed by atoms with E-state index in [9.17, 15) is 9.59 Å². The molecular formula is C19H19NO5S. The predicted octanol–water partition coefficient (Wildman–Crippen LogP) is 2.75. The number of rotatable bonds is 7. The second-order valence-corrected chi connectivity index (χ2v) is 6.63. The summed E-state index contributed by atoms with van der Waals surface area (Å²) in [5.41, 5.74) is 2.50. The summed E-state index contributed by atoms with van der Waals surface area (Å²) in [5.74, 6) is 2.19. The van der Waals surface area contributed by atoms with Crippen LogP contribution in [-0.4, -0.2) is 31.5 Å². The van der Waals surface area contributed by atoms with Crippen molar-refractivity contribution in [1.29, 1.82) is 0 Å². The number of fused-ring (bicyclic) bond motifs is 1. The van der Waals surface area contributed by atoms with E-state index >= 15 is 0 Å². The van der Waals surface area contributed by atoms with Gasteiger partial charge >= 0.3 is 5.97 Å². The zero-order chi connectivity index (χ0) is 18.4. The van der Waals surface area contributed by atoms with E-state index in [-0.39, 0.29) is 18.7 Å². The molecule has 0 radical (unpaired) electrons. The molecule has 0 saturated carbocycles. The minimum Gasteiger partial charge on any atom is -0.465 e. The van der Waals surface area contributed by atoms with Gasteiger partial charge in [0.05, 0.1) is 18.4 Å². The number of thioether (sulfide) groups is 1. The van der Waals surface area contributed by atoms with Crippen LogP contribution < -0.4 is 14.8 Å². The molecule has 2 aromatic carbocycles. The van der Waals surface area contributed by atoms with Gasteiger partial charge in [-0.25, -0.2) is 4.79 Å². The van der Waals surface area contributed by atoms with Crippen molar-refractivity contribution in [2.75, 3.05) is 19.7 Å². The molecule has 3 rings (SSSR count). The van der Waals surface area contributed by atoms with Crippen LogP contribution >= 0.6 is 11.8 Å². The SMILES string of the molecule is COC(=O)c1ccc(CNC(=O)CSCc2ccc3c(c2)OCO3)cc1. The number of benzene rings is 2. The van der Waals surface area contributed by atoms with Crippen molar-refractivity contribution in [1.82, 2.24) is 5.32 Å². The van der Waals surface area contributed by atoms with Gasteiger partial charge in [0.15, 0.2) is 11.5 Å². The summed E-state index contributed by atoms with van der Waals surface area (Å²) in [7, 11) is 1.34. The number of methoxy groups -OCH3 is 1. The van der Waals surface area contributed by atoms with Gasteiger partial charge in [-0.3, -0.25) is 4.79 Å². The Balaban J connectivity index is 1.39. The summed E-state index contributed by atoms with van der Waals surface area (Å²) in [6.07, 6.45) is 0. The number of carbonyl (C=O) groups is 2. The maximum absolute atomic E-state index is 12.0. The highest BCUT2D eigenvalue weighted by Gasteiger charge is 2.13. The van der Waals surface area contributed by atoms with Crippen LogP contribution in [0, 0.1) is 0 Å². The summed E-state index contributed by atoms with van der Waals surface area (Å²) < 4.78 is 15.3. The van der Waals surface area contributed by atoms with Crippen LogP contribution in [0.25, 0.3) is 0 Å². The van der Waals surface area contributed by atoms with Crippen molar-refractivity contribution in [3.8, 4) is 11.5 Å². The van der Waals surface area contributed by atoms with Gasteiger partial charge in [0.25, 0.3) is 0 Å². The third kappa shape index (κ3) is 4.70. The highest BCUT2D eigenvalue weighted by Crippen LogP contribution is 2.33. The van der Waals surface area contributed by atoms with Gasteiger partial charge < -0.3 is 19.5 Å². The molecule has 1 heterocycles. The molecule has 0 bridgehead atoms. The third-order valence-electron chi connectivity index (χ3n) is 3.80. The maximum Gasteiger partial charge on any atom is 0.337 e. The molecular weight excluding hydrogens is 354 g/mol. The Morgan fingerprint density at radius 1 is 1.08 bits per heavy atom. The van der Waals surface area contributed by atoms with Crippen molar-refractivity contribution < 1.29 is 23.8 Å². The number of esters is 1. The molecule has 0 aromatic heterocycles. The molecule has 6 nitrogen and oxygen atoms in total. The van der Waals surface area contributed by atoms with Crippen LogP contribution in [0.15, 0.2) is 42.5 Å². The lowest BCUT2D eigenvalue weighted by atomic mass is 10.1. The van der Waals surface area contributed by atoms with E-state index in [1.807, 2.05) is 18.2 Å². The first kappa shape index (κ1) is 18.1. The fraction of sp³-hybridized carbons (Fsp3) is 0.263. The van der Waals surface area contributed by atoms with Crippen LogP contribution in [-0.2, 0) is 21.8 Å². The Kier molecular flexibility index (Phi) is 6.01. The Morgan fingerprint density at radius 3 is 2.58 bits per heavy atom. The van der Waals surface area contributed by atoms with Gasteiger partial charge in [0.2, 0.25) is 12.7 Å². The molecule has 0 unspecified atom stereocenters. The number of ether oxygens (including phenoxy) is 3. The molecule has 1 N–H and O–H groups in total. The Morgan fingerprint density at radius 2 is 1.81 bits per heavy atom. The molecule has 2 aromatic rings. The van der Waals surface area contributed by atoms with Crippen LogP contribution in [0.4, 0.5) is 0 Å². The van der Waals surface area contributed by atoms with E-state index < -0.39 is 0 Å². The highest BCUT2D eigenvalue weighted by atomic mass is 32.2. The number of carbonyl (C=O) groups excluding carboxylic acids is 2. The summed E-state index contributed by atoms with van der Waals surface area (Å²) in [6, 6.07) is 12.8. The summed E-state index contributed by atoms with van der Waals surface area (Å²) in [4.78, 5) is 23.3. The Hall–Kier alpha value is -2.67. The second-order valence-electron chi connectivity index (χ2n) is 5.65. The van der Waals surface area contributed by atoms with Gasteiger partial charge in [-0.2, -0.15) is 0 Å². The zero-order valence-electron chi connectivity index (χ0n) is 14.3. The quantitative estimate of drug-likeness (QED) is 0.753. The van der Waals surface area contributed by atoms with Gasteiger partial charge in [0.1, 0.15) is 0 Å². The van der Waals surface area contributed by atoms with Crippen LogP contribution in [0.1, 0.15) is 21.5 Å². The molecule has 0 aliphatic carbocycles. The predicted molar refractivity (Wildman–Crippen MR) is 98.4 cm³/mol. The van der Waals surface area contributed by atoms with Gasteiger partial charge in [-0.15, -0.1) is 11.8 Å². The zero-order valence-corrected chi connectivity index (χ0v) is 15.1. The summed E-state index contributed by atoms with van der Waals surface area (Å²) in [6.45, 7) is 0.680. The molecule has 136 valence electrons. The number of hydrogen-bond acceptors (Lipinski definition) is 6. The first-order valence-corrected chi connectivity index (χ1v) is 9.21. The van der Waals surface area contributed by atoms with E-state index in [1.54, 1.807) is 24.3 Å². The molecule has 26 heavy (non-hydrogen) atoms. The van der Waals surface area contributed by atoms with Gasteiger partial charge in [-0.05, 0) is 35.4 Å². The molecule has 1 aliphatic heterocycles. The minimum absolute atomic E-state index is 0.0345. The topological polar surface area (TPSA) is 73.9 Å². The largest absolute Gasteiger partial charge is 0.465 e. The number of nitrogens with one attached hydrogen (secondary N) is 1. The first-order chi connectivity index (χ1) is 12.7. The summed E-state index contributed by atoms with van der Waals surface area (Å²) in [5, 5.41) is 2.87. The molecule has 0 saturated heterocycles. The maximum atomic E-state index is 12.0. The van der Waals surface area contributed by atoms with E-state index in [1.165, 1.54) is 18.9 Å². The molecule has 7 heteroatoms. The van der Waals surface area contributed by atoms with Crippen LogP contribution in [0.5, 0.6) is 11.5 Å². The standard InChI is InChI=1S/C19H19NO5S/c1-23-19(22)15-5-2-13(3-6-15)9-20-18(21)11-26-10-14-4-7-16-17(8-14)25-12-24-16/h2-8H,9-12H2,1H3,(H,20,21). The van der Waals surface area contributed by atoms with Crippen molar-refractivity contribution in [2.24, 2.45) is 0 Å². The van der Waals surface area contributed by atoms with Crippen LogP contribution in [0.2, 0.25) is 0 Å². The molecule has 0 spiro atoms. The van der Waals surface area contributed by atoms with Gasteiger partial charge in [0, 0.05) is 12.3 Å². The first-order valence-electron chi connectivity index (χ1n) is 8.06. The minimum atomic E-state index is -0.375. The fourth-order valence-corrected chi connectivity index (χ4v) is 3.23. The molecule has 1 amide bonds. The van der Waals surface area contributed by atoms with E-state index in [0.717, 1.165) is 28.4 Å². The van der Waals surface area contributed by atoms with E-state index in [0.29, 0.717) is 17.9 Å². The lowest BCUT2D eigenvalue weighted by Crippen LogP contribution is -2.24. The second kappa shape index (κ2) is 8.62. The van der Waals surface area contributed by atoms with E-state index in [2.05, 4.69) is 10.1 Å². The third-order valence-corrected chi connectivity index (χ3v) is 4.81. The van der Waals surface area contributed by atoms with E-state index in [4.69, 9.17) is 9.47 Å². The van der Waals surface area contributed by atoms with Crippen molar-refractivity contribution in [2.45, 2.75) is 12.3 Å². The smallest absolute Gasteiger partial charge is 0.337 e. The Labute approximate surface area is 155 Å². The normalized spacial score (nSPS) is 11.9. The van der Waals surface area contributed by atoms with Crippen molar-refractivity contribution in [3.05, 3.63) is 59.2 Å². The van der Waals surface area contributed by atoms with Gasteiger partial charge in [-0.1, -0.05) is 18.2 Å². The molecule has 0 atom stereocenters. The van der Waals surface area contributed by atoms with Crippen molar-refractivity contribution in [3.63, 3.8) is 0 Å². The number of amides is 1. The lowest BCUT2D eigenvalue weighted by Gasteiger charge is -2.07. The van der Waals surface area contributed by atoms with Crippen molar-refractivity contribution >= 4 is 23.6 Å². The summed E-state index contributed by atoms with van der Waals surface area (Å²) >= 11 is 1.53. The monoisotopic (exact) mass is 373 g/mol. The fourth-order valence-electron chi connectivity index (χ4n) is 2.42.